The van der Waals surface area contributed by atoms with Gasteiger partial charge in [-0.05, 0) is 74.7 Å². The highest BCUT2D eigenvalue weighted by Gasteiger charge is 2.29. The molecule has 1 aromatic heterocycles. The zero-order valence-corrected chi connectivity index (χ0v) is 17.2. The molecular weight excluding hydrogens is 401 g/mol. The quantitative estimate of drug-likeness (QED) is 0.612. The molecule has 7 nitrogen and oxygen atoms in total. The Labute approximate surface area is 178 Å². The second-order valence-electron chi connectivity index (χ2n) is 7.28. The van der Waals surface area contributed by atoms with Gasteiger partial charge in [0.1, 0.15) is 11.6 Å². The van der Waals surface area contributed by atoms with Crippen LogP contribution in [0.2, 0.25) is 0 Å². The van der Waals surface area contributed by atoms with Gasteiger partial charge in [0, 0.05) is 16.9 Å². The molecule has 4 rings (SSSR count). The molecule has 160 valence electrons. The standard InChI is InChI=1S/C23H22FN3O4/c1-14(22(28)25-16-8-12-18(30-2)13-9-16)31-23(29)21-19-4-3-5-20(19)27(26-21)17-10-6-15(24)7-11-17/h6-14H,3-5H2,1-2H3,(H,25,28). The summed E-state index contributed by atoms with van der Waals surface area (Å²) in [5.74, 6) is -0.781. The molecule has 1 aliphatic carbocycles. The van der Waals surface area contributed by atoms with Gasteiger partial charge in [0.15, 0.2) is 11.8 Å². The monoisotopic (exact) mass is 423 g/mol. The lowest BCUT2D eigenvalue weighted by Gasteiger charge is -2.13. The summed E-state index contributed by atoms with van der Waals surface area (Å²) in [6.45, 7) is 1.51. The van der Waals surface area contributed by atoms with Gasteiger partial charge in [-0.1, -0.05) is 0 Å². The molecule has 8 heteroatoms. The third-order valence-electron chi connectivity index (χ3n) is 5.21. The van der Waals surface area contributed by atoms with Crippen molar-refractivity contribution in [3.8, 4) is 11.4 Å². The number of ether oxygens (including phenoxy) is 2. The number of amides is 1. The summed E-state index contributed by atoms with van der Waals surface area (Å²) in [5.41, 5.74) is 3.16. The van der Waals surface area contributed by atoms with E-state index in [1.807, 2.05) is 0 Å². The van der Waals surface area contributed by atoms with Crippen molar-refractivity contribution in [1.82, 2.24) is 9.78 Å². The zero-order valence-electron chi connectivity index (χ0n) is 17.2. The highest BCUT2D eigenvalue weighted by atomic mass is 19.1. The Morgan fingerprint density at radius 1 is 1.10 bits per heavy atom. The topological polar surface area (TPSA) is 82.4 Å². The Balaban J connectivity index is 1.48. The highest BCUT2D eigenvalue weighted by molar-refractivity contribution is 5.97. The molecule has 0 aliphatic heterocycles. The number of esters is 1. The minimum absolute atomic E-state index is 0.195. The van der Waals surface area contributed by atoms with Crippen LogP contribution in [0.25, 0.3) is 5.69 Å². The third-order valence-corrected chi connectivity index (χ3v) is 5.21. The molecule has 3 aromatic rings. The van der Waals surface area contributed by atoms with Gasteiger partial charge in [-0.15, -0.1) is 0 Å². The van der Waals surface area contributed by atoms with E-state index in [0.29, 0.717) is 23.5 Å². The maximum Gasteiger partial charge on any atom is 0.359 e. The van der Waals surface area contributed by atoms with Gasteiger partial charge >= 0.3 is 5.97 Å². The number of anilines is 1. The Bertz CT molecular complexity index is 1110. The van der Waals surface area contributed by atoms with Crippen LogP contribution in [-0.4, -0.2) is 34.9 Å². The number of carbonyl (C=O) groups is 2. The van der Waals surface area contributed by atoms with Crippen molar-refractivity contribution in [2.45, 2.75) is 32.3 Å². The molecule has 1 unspecified atom stereocenters. The number of hydrogen-bond acceptors (Lipinski definition) is 5. The van der Waals surface area contributed by atoms with Crippen molar-refractivity contribution < 1.29 is 23.5 Å². The Morgan fingerprint density at radius 3 is 2.48 bits per heavy atom. The Morgan fingerprint density at radius 2 is 1.81 bits per heavy atom. The van der Waals surface area contributed by atoms with Crippen molar-refractivity contribution in [3.05, 3.63) is 71.3 Å². The molecule has 1 aliphatic rings. The highest BCUT2D eigenvalue weighted by Crippen LogP contribution is 2.28. The predicted molar refractivity (Wildman–Crippen MR) is 112 cm³/mol. The van der Waals surface area contributed by atoms with E-state index in [0.717, 1.165) is 24.1 Å². The molecule has 1 N–H and O–H groups in total. The molecule has 0 radical (unpaired) electrons. The lowest BCUT2D eigenvalue weighted by atomic mass is 10.2. The molecule has 31 heavy (non-hydrogen) atoms. The lowest BCUT2D eigenvalue weighted by Crippen LogP contribution is -2.30. The number of nitrogens with one attached hydrogen (secondary N) is 1. The molecule has 0 spiro atoms. The average Bonchev–Trinajstić information content (AvgIpc) is 3.38. The molecule has 1 atom stereocenters. The maximum atomic E-state index is 13.3. The largest absolute Gasteiger partial charge is 0.497 e. The number of nitrogens with zero attached hydrogens (tertiary/aromatic N) is 2. The van der Waals surface area contributed by atoms with Gasteiger partial charge in [0.05, 0.1) is 12.8 Å². The van der Waals surface area contributed by atoms with Crippen LogP contribution in [0.4, 0.5) is 10.1 Å². The summed E-state index contributed by atoms with van der Waals surface area (Å²) in [6, 6.07) is 12.8. The van der Waals surface area contributed by atoms with E-state index in [1.54, 1.807) is 48.2 Å². The van der Waals surface area contributed by atoms with Crippen molar-refractivity contribution in [2.24, 2.45) is 0 Å². The van der Waals surface area contributed by atoms with Crippen LogP contribution in [0.15, 0.2) is 48.5 Å². The van der Waals surface area contributed by atoms with Crippen LogP contribution in [0.1, 0.15) is 35.1 Å². The van der Waals surface area contributed by atoms with Gasteiger partial charge in [-0.3, -0.25) is 4.79 Å². The Hall–Kier alpha value is -3.68. The van der Waals surface area contributed by atoms with Crippen LogP contribution >= 0.6 is 0 Å². The van der Waals surface area contributed by atoms with Gasteiger partial charge in [-0.25, -0.2) is 13.9 Å². The van der Waals surface area contributed by atoms with Crippen LogP contribution in [0, 0.1) is 5.82 Å². The Kier molecular flexibility index (Phi) is 5.70. The van der Waals surface area contributed by atoms with Crippen molar-refractivity contribution >= 4 is 17.6 Å². The van der Waals surface area contributed by atoms with E-state index in [-0.39, 0.29) is 11.5 Å². The summed E-state index contributed by atoms with van der Waals surface area (Å²) in [5, 5.41) is 7.13. The summed E-state index contributed by atoms with van der Waals surface area (Å²) < 4.78 is 25.4. The third kappa shape index (κ3) is 4.28. The number of carbonyl (C=O) groups excluding carboxylic acids is 2. The number of fused-ring (bicyclic) bond motifs is 1. The molecule has 1 heterocycles. The summed E-state index contributed by atoms with van der Waals surface area (Å²) >= 11 is 0. The fraction of sp³-hybridized carbons (Fsp3) is 0.261. The van der Waals surface area contributed by atoms with E-state index < -0.39 is 18.0 Å². The van der Waals surface area contributed by atoms with Crippen molar-refractivity contribution in [3.63, 3.8) is 0 Å². The summed E-state index contributed by atoms with van der Waals surface area (Å²) in [6.07, 6.45) is 1.35. The van der Waals surface area contributed by atoms with E-state index in [1.165, 1.54) is 19.1 Å². The van der Waals surface area contributed by atoms with Gasteiger partial charge in [-0.2, -0.15) is 5.10 Å². The van der Waals surface area contributed by atoms with Crippen LogP contribution in [0.5, 0.6) is 5.75 Å². The number of hydrogen-bond donors (Lipinski definition) is 1. The van der Waals surface area contributed by atoms with Crippen LogP contribution < -0.4 is 10.1 Å². The molecule has 0 saturated heterocycles. The van der Waals surface area contributed by atoms with Crippen LogP contribution in [-0.2, 0) is 22.4 Å². The first kappa shape index (κ1) is 20.6. The predicted octanol–water partition coefficient (Wildman–Crippen LogP) is 3.69. The average molecular weight is 423 g/mol. The van der Waals surface area contributed by atoms with Crippen molar-refractivity contribution in [2.75, 3.05) is 12.4 Å². The van der Waals surface area contributed by atoms with Crippen molar-refractivity contribution in [1.29, 1.82) is 0 Å². The first-order valence-electron chi connectivity index (χ1n) is 9.99. The summed E-state index contributed by atoms with van der Waals surface area (Å²) in [4.78, 5) is 25.2. The molecule has 2 aromatic carbocycles. The van der Waals surface area contributed by atoms with E-state index in [4.69, 9.17) is 9.47 Å². The molecule has 0 fully saturated rings. The minimum Gasteiger partial charge on any atom is -0.497 e. The second kappa shape index (κ2) is 8.59. The zero-order chi connectivity index (χ0) is 22.0. The fourth-order valence-electron chi connectivity index (χ4n) is 3.59. The normalized spacial score (nSPS) is 13.4. The van der Waals surface area contributed by atoms with E-state index in [2.05, 4.69) is 10.4 Å². The number of rotatable bonds is 6. The fourth-order valence-corrected chi connectivity index (χ4v) is 3.59. The first-order chi connectivity index (χ1) is 15.0. The van der Waals surface area contributed by atoms with Gasteiger partial charge < -0.3 is 14.8 Å². The number of halogens is 1. The molecule has 1 amide bonds. The molecule has 0 saturated carbocycles. The first-order valence-corrected chi connectivity index (χ1v) is 9.99. The smallest absolute Gasteiger partial charge is 0.359 e. The van der Waals surface area contributed by atoms with E-state index in [9.17, 15) is 14.0 Å². The molecular formula is C23H22FN3O4. The lowest BCUT2D eigenvalue weighted by molar-refractivity contribution is -0.123. The van der Waals surface area contributed by atoms with Gasteiger partial charge in [0.25, 0.3) is 5.91 Å². The SMILES string of the molecule is COc1ccc(NC(=O)C(C)OC(=O)c2nn(-c3ccc(F)cc3)c3c2CCC3)cc1. The van der Waals surface area contributed by atoms with Gasteiger partial charge in [0.2, 0.25) is 0 Å². The second-order valence-corrected chi connectivity index (χ2v) is 7.28. The number of benzene rings is 2. The number of methoxy groups -OCH3 is 1. The minimum atomic E-state index is -1.01. The van der Waals surface area contributed by atoms with E-state index >= 15 is 0 Å². The summed E-state index contributed by atoms with van der Waals surface area (Å²) in [7, 11) is 1.56. The maximum absolute atomic E-state index is 13.3. The number of aromatic nitrogens is 2. The molecule has 0 bridgehead atoms. The van der Waals surface area contributed by atoms with Crippen LogP contribution in [0.3, 0.4) is 0 Å².